The van der Waals surface area contributed by atoms with Crippen LogP contribution in [0.4, 0.5) is 5.69 Å². The molecular formula is C23H25N3O3S. The molecule has 0 saturated carbocycles. The summed E-state index contributed by atoms with van der Waals surface area (Å²) in [6.45, 7) is 0. The molecule has 156 valence electrons. The second-order valence-corrected chi connectivity index (χ2v) is 8.01. The molecule has 0 atom stereocenters. The molecule has 6 nitrogen and oxygen atoms in total. The fourth-order valence-electron chi connectivity index (χ4n) is 3.70. The van der Waals surface area contributed by atoms with Gasteiger partial charge in [-0.05, 0) is 49.9 Å². The van der Waals surface area contributed by atoms with Gasteiger partial charge in [0.05, 0.1) is 25.7 Å². The number of aryl methyl sites for hydroxylation is 1. The summed E-state index contributed by atoms with van der Waals surface area (Å²) in [5.74, 6) is 1.39. The maximum Gasteiger partial charge on any atom is 0.234 e. The van der Waals surface area contributed by atoms with Crippen LogP contribution in [0.1, 0.15) is 24.2 Å². The lowest BCUT2D eigenvalue weighted by Crippen LogP contribution is -2.15. The predicted molar refractivity (Wildman–Crippen MR) is 119 cm³/mol. The summed E-state index contributed by atoms with van der Waals surface area (Å²) in [6, 6.07) is 15.6. The monoisotopic (exact) mass is 423 g/mol. The Morgan fingerprint density at radius 2 is 1.83 bits per heavy atom. The number of hydrogen-bond donors (Lipinski definition) is 1. The van der Waals surface area contributed by atoms with Gasteiger partial charge in [-0.2, -0.15) is 0 Å². The van der Waals surface area contributed by atoms with E-state index in [2.05, 4.69) is 22.0 Å². The fourth-order valence-corrected chi connectivity index (χ4v) is 4.55. The van der Waals surface area contributed by atoms with E-state index in [4.69, 9.17) is 14.5 Å². The van der Waals surface area contributed by atoms with E-state index in [0.29, 0.717) is 17.2 Å². The van der Waals surface area contributed by atoms with Gasteiger partial charge in [0.2, 0.25) is 5.91 Å². The van der Waals surface area contributed by atoms with Crippen molar-refractivity contribution in [3.8, 4) is 17.2 Å². The zero-order valence-electron chi connectivity index (χ0n) is 17.2. The number of hydrogen-bond acceptors (Lipinski definition) is 5. The Bertz CT molecular complexity index is 1030. The Kier molecular flexibility index (Phi) is 6.28. The normalized spacial score (nSPS) is 12.9. The lowest BCUT2D eigenvalue weighted by Gasteiger charge is -2.15. The van der Waals surface area contributed by atoms with Crippen molar-refractivity contribution < 1.29 is 14.3 Å². The number of amides is 1. The minimum atomic E-state index is -0.0900. The largest absolute Gasteiger partial charge is 0.493 e. The van der Waals surface area contributed by atoms with Crippen molar-refractivity contribution in [2.75, 3.05) is 25.3 Å². The number of fused-ring (bicyclic) bond motifs is 1. The molecule has 1 aliphatic rings. The standard InChI is InChI=1S/C23H25N3O3S/c1-28-20-13-12-16(14-21(20)29-2)24-22(27)15-30-23-25-18-10-6-7-11-19(18)26(23)17-8-4-3-5-9-17/h3-5,8-9,12-14H,6-7,10-11,15H2,1-2H3,(H,24,27). The van der Waals surface area contributed by atoms with Crippen LogP contribution in [0.15, 0.2) is 53.7 Å². The van der Waals surface area contributed by atoms with Crippen molar-refractivity contribution in [1.82, 2.24) is 9.55 Å². The third-order valence-corrected chi connectivity index (χ3v) is 6.05. The summed E-state index contributed by atoms with van der Waals surface area (Å²) in [5, 5.41) is 3.80. The molecule has 1 N–H and O–H groups in total. The van der Waals surface area contributed by atoms with Crippen LogP contribution < -0.4 is 14.8 Å². The summed E-state index contributed by atoms with van der Waals surface area (Å²) in [4.78, 5) is 17.5. The summed E-state index contributed by atoms with van der Waals surface area (Å²) in [7, 11) is 3.16. The molecule has 0 unspecified atom stereocenters. The summed E-state index contributed by atoms with van der Waals surface area (Å²) < 4.78 is 12.8. The Morgan fingerprint density at radius 1 is 1.07 bits per heavy atom. The molecule has 1 heterocycles. The molecule has 4 rings (SSSR count). The van der Waals surface area contributed by atoms with E-state index >= 15 is 0 Å². The molecule has 1 aliphatic carbocycles. The van der Waals surface area contributed by atoms with Crippen LogP contribution >= 0.6 is 11.8 Å². The van der Waals surface area contributed by atoms with E-state index in [1.165, 1.54) is 30.3 Å². The molecule has 0 radical (unpaired) electrons. The van der Waals surface area contributed by atoms with Crippen molar-refractivity contribution in [2.45, 2.75) is 30.8 Å². The van der Waals surface area contributed by atoms with Crippen LogP contribution in [0.5, 0.6) is 11.5 Å². The van der Waals surface area contributed by atoms with Crippen molar-refractivity contribution in [2.24, 2.45) is 0 Å². The molecule has 0 spiro atoms. The van der Waals surface area contributed by atoms with Gasteiger partial charge < -0.3 is 14.8 Å². The van der Waals surface area contributed by atoms with E-state index in [1.807, 2.05) is 18.2 Å². The number of ether oxygens (including phenoxy) is 2. The highest BCUT2D eigenvalue weighted by molar-refractivity contribution is 7.99. The average molecular weight is 424 g/mol. The van der Waals surface area contributed by atoms with E-state index in [0.717, 1.165) is 29.4 Å². The van der Waals surface area contributed by atoms with Crippen molar-refractivity contribution in [3.63, 3.8) is 0 Å². The van der Waals surface area contributed by atoms with Gasteiger partial charge in [0.1, 0.15) is 0 Å². The molecule has 0 saturated heterocycles. The van der Waals surface area contributed by atoms with Gasteiger partial charge in [-0.1, -0.05) is 30.0 Å². The SMILES string of the molecule is COc1ccc(NC(=O)CSc2nc3c(n2-c2ccccc2)CCCC3)cc1OC. The molecule has 0 bridgehead atoms. The molecule has 1 amide bonds. The molecule has 7 heteroatoms. The number of methoxy groups -OCH3 is 2. The Balaban J connectivity index is 1.50. The van der Waals surface area contributed by atoms with Crippen LogP contribution in [0, 0.1) is 0 Å². The lowest BCUT2D eigenvalue weighted by molar-refractivity contribution is -0.113. The highest BCUT2D eigenvalue weighted by Crippen LogP contribution is 2.32. The second-order valence-electron chi connectivity index (χ2n) is 7.07. The topological polar surface area (TPSA) is 65.4 Å². The van der Waals surface area contributed by atoms with E-state index in [9.17, 15) is 4.79 Å². The number of rotatable bonds is 7. The zero-order valence-corrected chi connectivity index (χ0v) is 18.0. The molecular weight excluding hydrogens is 398 g/mol. The first-order valence-electron chi connectivity index (χ1n) is 10.00. The van der Waals surface area contributed by atoms with Gasteiger partial charge in [-0.15, -0.1) is 0 Å². The molecule has 0 fully saturated rings. The van der Waals surface area contributed by atoms with E-state index in [-0.39, 0.29) is 11.7 Å². The highest BCUT2D eigenvalue weighted by Gasteiger charge is 2.22. The quantitative estimate of drug-likeness (QED) is 0.567. The lowest BCUT2D eigenvalue weighted by atomic mass is 10.0. The first kappa shape index (κ1) is 20.3. The number of carbonyl (C=O) groups excluding carboxylic acids is 1. The minimum Gasteiger partial charge on any atom is -0.493 e. The summed E-state index contributed by atoms with van der Waals surface area (Å²) in [6.07, 6.45) is 4.37. The molecule has 1 aromatic heterocycles. The number of imidazole rings is 1. The second kappa shape index (κ2) is 9.26. The van der Waals surface area contributed by atoms with Crippen LogP contribution in [-0.4, -0.2) is 35.4 Å². The zero-order chi connectivity index (χ0) is 20.9. The Hall–Kier alpha value is -2.93. The number of para-hydroxylation sites is 1. The summed E-state index contributed by atoms with van der Waals surface area (Å²) >= 11 is 1.46. The van der Waals surface area contributed by atoms with Crippen LogP contribution in [0.2, 0.25) is 0 Å². The average Bonchev–Trinajstić information content (AvgIpc) is 3.16. The number of nitrogens with one attached hydrogen (secondary N) is 1. The Labute approximate surface area is 180 Å². The van der Waals surface area contributed by atoms with Crippen LogP contribution in [-0.2, 0) is 17.6 Å². The first-order valence-corrected chi connectivity index (χ1v) is 11.0. The van der Waals surface area contributed by atoms with Crippen molar-refractivity contribution in [3.05, 3.63) is 59.9 Å². The molecule has 30 heavy (non-hydrogen) atoms. The number of nitrogens with zero attached hydrogens (tertiary/aromatic N) is 2. The van der Waals surface area contributed by atoms with Gasteiger partial charge >= 0.3 is 0 Å². The van der Waals surface area contributed by atoms with Gasteiger partial charge in [-0.3, -0.25) is 9.36 Å². The predicted octanol–water partition coefficient (Wildman–Crippen LogP) is 4.50. The number of anilines is 1. The van der Waals surface area contributed by atoms with Crippen LogP contribution in [0.25, 0.3) is 5.69 Å². The molecule has 3 aromatic rings. The highest BCUT2D eigenvalue weighted by atomic mass is 32.2. The van der Waals surface area contributed by atoms with Crippen molar-refractivity contribution in [1.29, 1.82) is 0 Å². The third-order valence-electron chi connectivity index (χ3n) is 5.12. The first-order chi connectivity index (χ1) is 14.7. The van der Waals surface area contributed by atoms with Gasteiger partial charge in [-0.25, -0.2) is 4.98 Å². The smallest absolute Gasteiger partial charge is 0.234 e. The number of benzene rings is 2. The number of aromatic nitrogens is 2. The molecule has 0 aliphatic heterocycles. The maximum absolute atomic E-state index is 12.6. The number of thioether (sulfide) groups is 1. The van der Waals surface area contributed by atoms with Gasteiger partial charge in [0.25, 0.3) is 0 Å². The third kappa shape index (κ3) is 4.31. The summed E-state index contributed by atoms with van der Waals surface area (Å²) in [5.41, 5.74) is 4.20. The van der Waals surface area contributed by atoms with E-state index in [1.54, 1.807) is 32.4 Å². The maximum atomic E-state index is 12.6. The van der Waals surface area contributed by atoms with Crippen molar-refractivity contribution >= 4 is 23.4 Å². The van der Waals surface area contributed by atoms with Crippen LogP contribution in [0.3, 0.4) is 0 Å². The van der Waals surface area contributed by atoms with E-state index < -0.39 is 0 Å². The number of carbonyl (C=O) groups is 1. The van der Waals surface area contributed by atoms with Gasteiger partial charge in [0, 0.05) is 23.1 Å². The minimum absolute atomic E-state index is 0.0900. The molecule has 2 aromatic carbocycles. The fraction of sp³-hybridized carbons (Fsp3) is 0.304. The van der Waals surface area contributed by atoms with Gasteiger partial charge in [0.15, 0.2) is 16.7 Å². The Morgan fingerprint density at radius 3 is 2.60 bits per heavy atom.